The van der Waals surface area contributed by atoms with E-state index in [0.29, 0.717) is 24.2 Å². The maximum atomic E-state index is 12.9. The van der Waals surface area contributed by atoms with Gasteiger partial charge in [0, 0.05) is 17.8 Å². The molecule has 1 fully saturated rings. The lowest BCUT2D eigenvalue weighted by atomic mass is 9.77. The van der Waals surface area contributed by atoms with Crippen LogP contribution in [0.3, 0.4) is 0 Å². The van der Waals surface area contributed by atoms with Gasteiger partial charge in [0.25, 0.3) is 5.91 Å². The number of hydrogen-bond donors (Lipinski definition) is 4. The first-order valence-electron chi connectivity index (χ1n) is 12.4. The summed E-state index contributed by atoms with van der Waals surface area (Å²) in [6, 6.07) is 5.66. The molecule has 4 rings (SSSR count). The van der Waals surface area contributed by atoms with Crippen LogP contribution in [0.2, 0.25) is 0 Å². The second-order valence-corrected chi connectivity index (χ2v) is 11.4. The van der Waals surface area contributed by atoms with Crippen LogP contribution in [-0.4, -0.2) is 55.5 Å². The number of allylic oxidation sites excluding steroid dienone is 2. The van der Waals surface area contributed by atoms with Crippen LogP contribution in [0, 0.1) is 16.7 Å². The minimum atomic E-state index is -0.791. The van der Waals surface area contributed by atoms with Gasteiger partial charge < -0.3 is 25.3 Å². The zero-order valence-corrected chi connectivity index (χ0v) is 21.4. The Morgan fingerprint density at radius 1 is 1.19 bits per heavy atom. The summed E-state index contributed by atoms with van der Waals surface area (Å²) in [7, 11) is 0. The zero-order valence-electron chi connectivity index (χ0n) is 21.4. The van der Waals surface area contributed by atoms with E-state index in [-0.39, 0.29) is 36.1 Å². The normalized spacial score (nSPS) is 27.7. The molecule has 192 valence electrons. The highest BCUT2D eigenvalue weighted by Crippen LogP contribution is 2.44. The van der Waals surface area contributed by atoms with Crippen LogP contribution in [0.5, 0.6) is 0 Å². The van der Waals surface area contributed by atoms with Gasteiger partial charge in [0.1, 0.15) is 6.07 Å². The van der Waals surface area contributed by atoms with Crippen molar-refractivity contribution in [3.05, 3.63) is 47.3 Å². The number of amides is 1. The predicted molar refractivity (Wildman–Crippen MR) is 135 cm³/mol. The molecule has 3 heterocycles. The molecule has 0 aromatic carbocycles. The lowest BCUT2D eigenvalue weighted by Crippen LogP contribution is -2.51. The van der Waals surface area contributed by atoms with E-state index in [1.807, 2.05) is 32.0 Å². The first kappa shape index (κ1) is 26.0. The van der Waals surface area contributed by atoms with Crippen molar-refractivity contribution in [1.82, 2.24) is 15.0 Å². The molecule has 2 aliphatic rings. The van der Waals surface area contributed by atoms with Crippen molar-refractivity contribution in [1.29, 1.82) is 5.26 Å². The van der Waals surface area contributed by atoms with Crippen LogP contribution >= 0.6 is 0 Å². The van der Waals surface area contributed by atoms with Crippen molar-refractivity contribution in [3.8, 4) is 6.07 Å². The summed E-state index contributed by atoms with van der Waals surface area (Å²) >= 11 is 0. The molecule has 0 bridgehead atoms. The van der Waals surface area contributed by atoms with Crippen LogP contribution in [0.25, 0.3) is 5.57 Å². The van der Waals surface area contributed by atoms with Crippen LogP contribution in [0.1, 0.15) is 93.4 Å². The molecule has 2 unspecified atom stereocenters. The molecule has 1 saturated heterocycles. The lowest BCUT2D eigenvalue weighted by Gasteiger charge is -2.47. The van der Waals surface area contributed by atoms with Gasteiger partial charge in [-0.05, 0) is 69.1 Å². The molecule has 1 aliphatic heterocycles. The van der Waals surface area contributed by atoms with Gasteiger partial charge in [-0.2, -0.15) is 5.26 Å². The maximum absolute atomic E-state index is 12.9. The fraction of sp³-hybridized carbons (Fsp3) is 0.556. The molecule has 9 heteroatoms. The van der Waals surface area contributed by atoms with Crippen molar-refractivity contribution in [2.45, 2.75) is 76.9 Å². The number of pyridine rings is 1. The minimum Gasteiger partial charge on any atom is -0.393 e. The van der Waals surface area contributed by atoms with Gasteiger partial charge >= 0.3 is 0 Å². The molecule has 4 N–H and O–H groups in total. The van der Waals surface area contributed by atoms with E-state index in [2.05, 4.69) is 35.2 Å². The highest BCUT2D eigenvalue weighted by molar-refractivity contribution is 6.03. The number of aromatic nitrogens is 3. The Morgan fingerprint density at radius 3 is 2.44 bits per heavy atom. The minimum absolute atomic E-state index is 0.0413. The Kier molecular flexibility index (Phi) is 7.06. The molecule has 2 aromatic rings. The second-order valence-electron chi connectivity index (χ2n) is 11.4. The second kappa shape index (κ2) is 9.77. The van der Waals surface area contributed by atoms with Crippen LogP contribution in [-0.2, 0) is 4.74 Å². The largest absolute Gasteiger partial charge is 0.393 e. The first-order chi connectivity index (χ1) is 17.0. The van der Waals surface area contributed by atoms with E-state index >= 15 is 0 Å². The molecule has 0 saturated carbocycles. The number of nitriles is 1. The van der Waals surface area contributed by atoms with Crippen molar-refractivity contribution < 1.29 is 19.7 Å². The SMILES string of the molecule is CC1(C)CC=C(c2nc(C3CC(C)(CO)O[C@](C)(CO)C3)ccc2NC(=O)c2nc(C#N)c[nH]2)CC1. The summed E-state index contributed by atoms with van der Waals surface area (Å²) in [6.07, 6.45) is 7.47. The van der Waals surface area contributed by atoms with Gasteiger partial charge in [-0.25, -0.2) is 4.98 Å². The van der Waals surface area contributed by atoms with E-state index in [0.717, 1.165) is 30.5 Å². The topological polar surface area (TPSA) is 144 Å². The maximum Gasteiger partial charge on any atom is 0.291 e. The smallest absolute Gasteiger partial charge is 0.291 e. The zero-order chi connectivity index (χ0) is 26.1. The van der Waals surface area contributed by atoms with Crippen molar-refractivity contribution in [3.63, 3.8) is 0 Å². The Balaban J connectivity index is 1.71. The van der Waals surface area contributed by atoms with Crippen LogP contribution in [0.15, 0.2) is 24.4 Å². The van der Waals surface area contributed by atoms with Crippen molar-refractivity contribution in [2.24, 2.45) is 5.41 Å². The molecule has 1 aliphatic carbocycles. The van der Waals surface area contributed by atoms with E-state index in [1.165, 1.54) is 6.20 Å². The van der Waals surface area contributed by atoms with Gasteiger partial charge in [0.2, 0.25) is 0 Å². The van der Waals surface area contributed by atoms with Crippen LogP contribution in [0.4, 0.5) is 5.69 Å². The Morgan fingerprint density at radius 2 is 1.89 bits per heavy atom. The van der Waals surface area contributed by atoms with Gasteiger partial charge in [-0.1, -0.05) is 19.9 Å². The van der Waals surface area contributed by atoms with E-state index in [9.17, 15) is 15.0 Å². The molecule has 9 nitrogen and oxygen atoms in total. The summed E-state index contributed by atoms with van der Waals surface area (Å²) < 4.78 is 6.09. The molecule has 1 amide bonds. The quantitative estimate of drug-likeness (QED) is 0.477. The van der Waals surface area contributed by atoms with Gasteiger partial charge in [0.05, 0.1) is 35.8 Å². The Labute approximate surface area is 211 Å². The third-order valence-corrected chi connectivity index (χ3v) is 7.29. The Bertz CT molecular complexity index is 1190. The monoisotopic (exact) mass is 493 g/mol. The number of H-pyrrole nitrogens is 1. The number of ether oxygens (including phenoxy) is 1. The number of carbonyl (C=O) groups is 1. The first-order valence-corrected chi connectivity index (χ1v) is 12.4. The average Bonchev–Trinajstić information content (AvgIpc) is 3.34. The average molecular weight is 494 g/mol. The summed E-state index contributed by atoms with van der Waals surface area (Å²) in [5.74, 6) is -0.432. The van der Waals surface area contributed by atoms with Crippen molar-refractivity contribution in [2.75, 3.05) is 18.5 Å². The van der Waals surface area contributed by atoms with E-state index in [4.69, 9.17) is 15.0 Å². The molecular formula is C27H35N5O4. The summed E-state index contributed by atoms with van der Waals surface area (Å²) in [6.45, 7) is 7.87. The molecule has 36 heavy (non-hydrogen) atoms. The highest BCUT2D eigenvalue weighted by Gasteiger charge is 2.45. The fourth-order valence-electron chi connectivity index (χ4n) is 5.21. The number of nitrogens with one attached hydrogen (secondary N) is 2. The number of aliphatic hydroxyl groups is 2. The summed E-state index contributed by atoms with van der Waals surface area (Å²) in [5, 5.41) is 32.0. The molecular weight excluding hydrogens is 458 g/mol. The Hall–Kier alpha value is -3.06. The molecule has 2 aromatic heterocycles. The van der Waals surface area contributed by atoms with Gasteiger partial charge in [0.15, 0.2) is 11.5 Å². The van der Waals surface area contributed by atoms with Gasteiger partial charge in [-0.15, -0.1) is 0 Å². The number of aromatic amines is 1. The standard InChI is InChI=1S/C27H35N5O4/c1-25(2)9-7-17(8-10-25)22-21(32-24(35)23-29-14-19(13-28)30-23)6-5-20(31-22)18-11-26(3,15-33)36-27(4,12-18)16-34/h5-7,14,18,33-34H,8-12,15-16H2,1-4H3,(H,29,30)(H,32,35)/t18?,26-,27?/m0/s1. The van der Waals surface area contributed by atoms with E-state index in [1.54, 1.807) is 0 Å². The number of carbonyl (C=O) groups excluding carboxylic acids is 1. The molecule has 0 spiro atoms. The number of rotatable bonds is 6. The third kappa shape index (κ3) is 5.51. The number of anilines is 1. The number of hydrogen-bond acceptors (Lipinski definition) is 7. The molecule has 0 radical (unpaired) electrons. The van der Waals surface area contributed by atoms with E-state index < -0.39 is 17.1 Å². The highest BCUT2D eigenvalue weighted by atomic mass is 16.5. The summed E-state index contributed by atoms with van der Waals surface area (Å²) in [4.78, 5) is 24.7. The number of nitrogens with zero attached hydrogens (tertiary/aromatic N) is 3. The van der Waals surface area contributed by atoms with Crippen LogP contribution < -0.4 is 5.32 Å². The van der Waals surface area contributed by atoms with Crippen molar-refractivity contribution >= 4 is 17.2 Å². The fourth-order valence-corrected chi connectivity index (χ4v) is 5.21. The lowest BCUT2D eigenvalue weighted by molar-refractivity contribution is -0.208. The molecule has 3 atom stereocenters. The third-order valence-electron chi connectivity index (χ3n) is 7.29. The summed E-state index contributed by atoms with van der Waals surface area (Å²) in [5.41, 5.74) is 1.97. The number of aliphatic hydroxyl groups excluding tert-OH is 2. The van der Waals surface area contributed by atoms with Gasteiger partial charge in [-0.3, -0.25) is 9.78 Å². The number of imidazole rings is 1. The predicted octanol–water partition coefficient (Wildman–Crippen LogP) is 3.92.